The van der Waals surface area contributed by atoms with Crippen molar-refractivity contribution in [1.82, 2.24) is 5.32 Å². The van der Waals surface area contributed by atoms with Crippen LogP contribution in [0, 0.1) is 0 Å². The van der Waals surface area contributed by atoms with Gasteiger partial charge in [0.15, 0.2) is 17.3 Å². The van der Waals surface area contributed by atoms with E-state index in [0.717, 1.165) is 29.8 Å². The maximum atomic E-state index is 13.0. The average molecular weight is 399 g/mol. The van der Waals surface area contributed by atoms with Gasteiger partial charge in [0.1, 0.15) is 0 Å². The van der Waals surface area contributed by atoms with E-state index in [1.165, 1.54) is 0 Å². The maximum absolute atomic E-state index is 13.0. The zero-order valence-corrected chi connectivity index (χ0v) is 17.8. The summed E-state index contributed by atoms with van der Waals surface area (Å²) in [5.41, 5.74) is 3.56. The largest absolute Gasteiger partial charge is 0.493 e. The zero-order valence-electron chi connectivity index (χ0n) is 17.8. The summed E-state index contributed by atoms with van der Waals surface area (Å²) in [6.07, 6.45) is 1.82. The normalized spacial score (nSPS) is 19.1. The summed E-state index contributed by atoms with van der Waals surface area (Å²) in [5, 5.41) is 3.29. The molecular weight excluding hydrogens is 370 g/mol. The molecule has 0 saturated carbocycles. The second-order valence-electron chi connectivity index (χ2n) is 7.56. The first-order valence-electron chi connectivity index (χ1n) is 10.1. The molecule has 0 fully saturated rings. The highest BCUT2D eigenvalue weighted by molar-refractivity contribution is 6.03. The number of ketones is 1. The summed E-state index contributed by atoms with van der Waals surface area (Å²) in [7, 11) is 1.58. The Hall–Kier alpha value is -2.76. The molecule has 0 radical (unpaired) electrons. The number of hydrogen-bond acceptors (Lipinski definition) is 6. The van der Waals surface area contributed by atoms with Crippen molar-refractivity contribution in [3.8, 4) is 11.5 Å². The molecule has 3 rings (SSSR count). The quantitative estimate of drug-likeness (QED) is 0.729. The van der Waals surface area contributed by atoms with Crippen LogP contribution in [0.1, 0.15) is 58.4 Å². The van der Waals surface area contributed by atoms with E-state index < -0.39 is 11.9 Å². The first-order valence-corrected chi connectivity index (χ1v) is 10.1. The molecule has 6 heteroatoms. The van der Waals surface area contributed by atoms with Gasteiger partial charge in [-0.25, -0.2) is 4.79 Å². The first-order chi connectivity index (χ1) is 13.9. The van der Waals surface area contributed by atoms with Crippen molar-refractivity contribution in [1.29, 1.82) is 0 Å². The van der Waals surface area contributed by atoms with Crippen LogP contribution < -0.4 is 14.8 Å². The van der Waals surface area contributed by atoms with Crippen molar-refractivity contribution in [2.24, 2.45) is 0 Å². The van der Waals surface area contributed by atoms with Crippen LogP contribution in [-0.4, -0.2) is 31.6 Å². The van der Waals surface area contributed by atoms with E-state index >= 15 is 0 Å². The average Bonchev–Trinajstić information content (AvgIpc) is 2.67. The second-order valence-corrected chi connectivity index (χ2v) is 7.56. The summed E-state index contributed by atoms with van der Waals surface area (Å²) in [4.78, 5) is 25.9. The number of allylic oxidation sites excluding steroid dienone is 3. The van der Waals surface area contributed by atoms with Crippen molar-refractivity contribution in [3.05, 3.63) is 46.3 Å². The Kier molecular flexibility index (Phi) is 6.30. The Labute approximate surface area is 171 Å². The van der Waals surface area contributed by atoms with E-state index in [0.29, 0.717) is 35.7 Å². The van der Waals surface area contributed by atoms with Crippen LogP contribution in [0.2, 0.25) is 0 Å². The molecular formula is C23H29NO5. The summed E-state index contributed by atoms with van der Waals surface area (Å²) in [6.45, 7) is 7.91. The SMILES string of the molecule is CCOc1ccc([C@H]2C(C(=O)OC(C)C)=C(C)NC3=C2C(=O)CCC3)cc1OC. The molecule has 0 bridgehead atoms. The number of methoxy groups -OCH3 is 1. The number of benzene rings is 1. The molecule has 0 saturated heterocycles. The Balaban J connectivity index is 2.15. The predicted molar refractivity (Wildman–Crippen MR) is 110 cm³/mol. The fraction of sp³-hybridized carbons (Fsp3) is 0.478. The van der Waals surface area contributed by atoms with Gasteiger partial charge in [0.25, 0.3) is 0 Å². The van der Waals surface area contributed by atoms with Crippen LogP contribution in [0.4, 0.5) is 0 Å². The Morgan fingerprint density at radius 2 is 2.00 bits per heavy atom. The van der Waals surface area contributed by atoms with Crippen LogP contribution in [0.5, 0.6) is 11.5 Å². The third-order valence-electron chi connectivity index (χ3n) is 5.16. The van der Waals surface area contributed by atoms with E-state index in [1.54, 1.807) is 7.11 Å². The van der Waals surface area contributed by atoms with Gasteiger partial charge in [-0.05, 0) is 58.2 Å². The van der Waals surface area contributed by atoms with Gasteiger partial charge in [0.05, 0.1) is 25.4 Å². The molecule has 0 aromatic heterocycles. The highest BCUT2D eigenvalue weighted by Crippen LogP contribution is 2.44. The van der Waals surface area contributed by atoms with Crippen LogP contribution in [0.25, 0.3) is 0 Å². The van der Waals surface area contributed by atoms with Crippen molar-refractivity contribution >= 4 is 11.8 Å². The van der Waals surface area contributed by atoms with Crippen molar-refractivity contribution in [2.75, 3.05) is 13.7 Å². The monoisotopic (exact) mass is 399 g/mol. The molecule has 1 heterocycles. The molecule has 1 aliphatic heterocycles. The number of ether oxygens (including phenoxy) is 3. The molecule has 1 aliphatic carbocycles. The lowest BCUT2D eigenvalue weighted by Crippen LogP contribution is -2.35. The number of dihydropyridines is 1. The summed E-state index contributed by atoms with van der Waals surface area (Å²) in [5.74, 6) is 0.369. The number of carbonyl (C=O) groups excluding carboxylic acids is 2. The number of rotatable bonds is 6. The minimum atomic E-state index is -0.491. The van der Waals surface area contributed by atoms with Gasteiger partial charge < -0.3 is 19.5 Å². The summed E-state index contributed by atoms with van der Waals surface area (Å²) < 4.78 is 16.7. The fourth-order valence-corrected chi connectivity index (χ4v) is 4.00. The lowest BCUT2D eigenvalue weighted by molar-refractivity contribution is -0.143. The van der Waals surface area contributed by atoms with Crippen LogP contribution >= 0.6 is 0 Å². The third-order valence-corrected chi connectivity index (χ3v) is 5.16. The van der Waals surface area contributed by atoms with Gasteiger partial charge in [0.2, 0.25) is 0 Å². The Bertz CT molecular complexity index is 881. The van der Waals surface area contributed by atoms with Gasteiger partial charge in [-0.3, -0.25) is 4.79 Å². The molecule has 0 spiro atoms. The molecule has 1 atom stereocenters. The summed E-state index contributed by atoms with van der Waals surface area (Å²) >= 11 is 0. The van der Waals surface area contributed by atoms with Gasteiger partial charge in [-0.2, -0.15) is 0 Å². The lowest BCUT2D eigenvalue weighted by Gasteiger charge is -2.34. The second kappa shape index (κ2) is 8.72. The maximum Gasteiger partial charge on any atom is 0.337 e. The minimum absolute atomic E-state index is 0.0685. The number of nitrogens with one attached hydrogen (secondary N) is 1. The minimum Gasteiger partial charge on any atom is -0.493 e. The number of hydrogen-bond donors (Lipinski definition) is 1. The molecule has 1 N–H and O–H groups in total. The van der Waals surface area contributed by atoms with Crippen LogP contribution in [0.15, 0.2) is 40.7 Å². The molecule has 1 aromatic carbocycles. The number of carbonyl (C=O) groups is 2. The zero-order chi connectivity index (χ0) is 21.1. The highest BCUT2D eigenvalue weighted by atomic mass is 16.5. The Morgan fingerprint density at radius 3 is 2.66 bits per heavy atom. The highest BCUT2D eigenvalue weighted by Gasteiger charge is 2.39. The molecule has 156 valence electrons. The standard InChI is InChI=1S/C23H29NO5/c1-6-28-18-11-10-15(12-19(18)27-5)21-20(23(26)29-13(2)3)14(4)24-16-8-7-9-17(25)22(16)21/h10-13,21,24H,6-9H2,1-5H3/t21-/m0/s1. The van der Waals surface area contributed by atoms with E-state index in [2.05, 4.69) is 5.32 Å². The van der Waals surface area contributed by atoms with Gasteiger partial charge in [-0.15, -0.1) is 0 Å². The first kappa shape index (κ1) is 21.0. The molecule has 6 nitrogen and oxygen atoms in total. The van der Waals surface area contributed by atoms with E-state index in [1.807, 2.05) is 45.9 Å². The molecule has 29 heavy (non-hydrogen) atoms. The lowest BCUT2D eigenvalue weighted by atomic mass is 9.75. The van der Waals surface area contributed by atoms with Crippen molar-refractivity contribution in [3.63, 3.8) is 0 Å². The van der Waals surface area contributed by atoms with Crippen molar-refractivity contribution < 1.29 is 23.8 Å². The molecule has 0 amide bonds. The van der Waals surface area contributed by atoms with Gasteiger partial charge in [0, 0.05) is 29.3 Å². The smallest absolute Gasteiger partial charge is 0.337 e. The van der Waals surface area contributed by atoms with E-state index in [9.17, 15) is 9.59 Å². The molecule has 2 aliphatic rings. The van der Waals surface area contributed by atoms with E-state index in [4.69, 9.17) is 14.2 Å². The van der Waals surface area contributed by atoms with Crippen LogP contribution in [0.3, 0.4) is 0 Å². The third kappa shape index (κ3) is 4.16. The number of Topliss-reactive ketones (excluding diaryl/α,β-unsaturated/α-hetero) is 1. The fourth-order valence-electron chi connectivity index (χ4n) is 4.00. The predicted octanol–water partition coefficient (Wildman–Crippen LogP) is 4.01. The van der Waals surface area contributed by atoms with Gasteiger partial charge in [-0.1, -0.05) is 6.07 Å². The van der Waals surface area contributed by atoms with Crippen molar-refractivity contribution in [2.45, 2.75) is 59.0 Å². The molecule has 1 aromatic rings. The van der Waals surface area contributed by atoms with Gasteiger partial charge >= 0.3 is 5.97 Å². The molecule has 0 unspecified atom stereocenters. The number of esters is 1. The van der Waals surface area contributed by atoms with Crippen LogP contribution in [-0.2, 0) is 14.3 Å². The summed E-state index contributed by atoms with van der Waals surface area (Å²) in [6, 6.07) is 5.57. The topological polar surface area (TPSA) is 73.9 Å². The van der Waals surface area contributed by atoms with E-state index in [-0.39, 0.29) is 11.9 Å². The Morgan fingerprint density at radius 1 is 1.24 bits per heavy atom.